The number of rotatable bonds is 7. The van der Waals surface area contributed by atoms with Gasteiger partial charge in [0.1, 0.15) is 11.6 Å². The molecule has 0 saturated heterocycles. The van der Waals surface area contributed by atoms with E-state index in [1.165, 1.54) is 0 Å². The molecule has 4 heteroatoms. The summed E-state index contributed by atoms with van der Waals surface area (Å²) < 4.78 is 7.95. The lowest BCUT2D eigenvalue weighted by Gasteiger charge is -2.17. The lowest BCUT2D eigenvalue weighted by Crippen LogP contribution is -2.17. The second-order valence-corrected chi connectivity index (χ2v) is 5.83. The molecule has 0 saturated carbocycles. The van der Waals surface area contributed by atoms with E-state index in [1.54, 1.807) is 0 Å². The molecule has 0 fully saturated rings. The SMILES string of the molecule is CCCOc1ccc2c(c1)nc(C(N)CCC)n2C(C)C. The van der Waals surface area contributed by atoms with Crippen LogP contribution in [0.5, 0.6) is 5.75 Å². The van der Waals surface area contributed by atoms with Crippen molar-refractivity contribution in [3.63, 3.8) is 0 Å². The predicted molar refractivity (Wildman–Crippen MR) is 87.7 cm³/mol. The summed E-state index contributed by atoms with van der Waals surface area (Å²) in [5.41, 5.74) is 8.42. The fraction of sp³-hybridized carbons (Fsp3) is 0.588. The quantitative estimate of drug-likeness (QED) is 0.831. The summed E-state index contributed by atoms with van der Waals surface area (Å²) in [5, 5.41) is 0. The van der Waals surface area contributed by atoms with Crippen molar-refractivity contribution >= 4 is 11.0 Å². The van der Waals surface area contributed by atoms with Crippen LogP contribution < -0.4 is 10.5 Å². The van der Waals surface area contributed by atoms with Crippen LogP contribution in [0.2, 0.25) is 0 Å². The van der Waals surface area contributed by atoms with Gasteiger partial charge in [-0.1, -0.05) is 20.3 Å². The molecule has 1 aromatic heterocycles. The van der Waals surface area contributed by atoms with Crippen LogP contribution in [0.25, 0.3) is 11.0 Å². The van der Waals surface area contributed by atoms with Crippen LogP contribution in [0.3, 0.4) is 0 Å². The first kappa shape index (κ1) is 15.8. The van der Waals surface area contributed by atoms with Crippen molar-refractivity contribution in [1.82, 2.24) is 9.55 Å². The highest BCUT2D eigenvalue weighted by molar-refractivity contribution is 5.78. The van der Waals surface area contributed by atoms with Crippen molar-refractivity contribution < 1.29 is 4.74 Å². The maximum Gasteiger partial charge on any atom is 0.127 e. The molecule has 0 aliphatic rings. The van der Waals surface area contributed by atoms with E-state index in [1.807, 2.05) is 12.1 Å². The first-order valence-electron chi connectivity index (χ1n) is 7.98. The first-order chi connectivity index (χ1) is 10.1. The zero-order valence-electron chi connectivity index (χ0n) is 13.6. The fourth-order valence-electron chi connectivity index (χ4n) is 2.65. The second kappa shape index (κ2) is 6.94. The molecular formula is C17H27N3O. The standard InChI is InChI=1S/C17H27N3O/c1-5-7-14(18)17-19-15-11-13(21-10-6-2)8-9-16(15)20(17)12(3)4/h8-9,11-12,14H,5-7,10,18H2,1-4H3. The van der Waals surface area contributed by atoms with E-state index < -0.39 is 0 Å². The normalized spacial score (nSPS) is 13.0. The third-order valence-electron chi connectivity index (χ3n) is 3.61. The summed E-state index contributed by atoms with van der Waals surface area (Å²) in [6.07, 6.45) is 3.02. The zero-order chi connectivity index (χ0) is 15.4. The molecular weight excluding hydrogens is 262 g/mol. The average molecular weight is 289 g/mol. The minimum atomic E-state index is -0.00944. The molecule has 2 N–H and O–H groups in total. The molecule has 1 heterocycles. The summed E-state index contributed by atoms with van der Waals surface area (Å²) >= 11 is 0. The molecule has 0 bridgehead atoms. The predicted octanol–water partition coefficient (Wildman–Crippen LogP) is 4.21. The molecule has 116 valence electrons. The molecule has 1 aromatic carbocycles. The number of hydrogen-bond donors (Lipinski definition) is 1. The molecule has 2 aromatic rings. The average Bonchev–Trinajstić information content (AvgIpc) is 2.84. The van der Waals surface area contributed by atoms with Crippen LogP contribution in [0, 0.1) is 0 Å². The number of hydrogen-bond acceptors (Lipinski definition) is 3. The smallest absolute Gasteiger partial charge is 0.127 e. The monoisotopic (exact) mass is 289 g/mol. The molecule has 0 aliphatic carbocycles. The van der Waals surface area contributed by atoms with Crippen molar-refractivity contribution in [2.45, 2.75) is 59.0 Å². The van der Waals surface area contributed by atoms with Gasteiger partial charge in [-0.2, -0.15) is 0 Å². The Morgan fingerprint density at radius 1 is 1.24 bits per heavy atom. The third kappa shape index (κ3) is 3.38. The molecule has 4 nitrogen and oxygen atoms in total. The number of ether oxygens (including phenoxy) is 1. The molecule has 21 heavy (non-hydrogen) atoms. The van der Waals surface area contributed by atoms with Crippen molar-refractivity contribution in [2.75, 3.05) is 6.61 Å². The van der Waals surface area contributed by atoms with Crippen LogP contribution in [-0.2, 0) is 0 Å². The van der Waals surface area contributed by atoms with Crippen molar-refractivity contribution in [1.29, 1.82) is 0 Å². The number of nitrogens with zero attached hydrogens (tertiary/aromatic N) is 2. The molecule has 0 aliphatic heterocycles. The highest BCUT2D eigenvalue weighted by atomic mass is 16.5. The third-order valence-corrected chi connectivity index (χ3v) is 3.61. The van der Waals surface area contributed by atoms with E-state index in [2.05, 4.69) is 38.3 Å². The Labute approximate surface area is 127 Å². The zero-order valence-corrected chi connectivity index (χ0v) is 13.6. The maximum absolute atomic E-state index is 6.31. The number of nitrogens with two attached hydrogens (primary N) is 1. The van der Waals surface area contributed by atoms with Gasteiger partial charge < -0.3 is 15.0 Å². The maximum atomic E-state index is 6.31. The van der Waals surface area contributed by atoms with Crippen LogP contribution in [0.4, 0.5) is 0 Å². The lowest BCUT2D eigenvalue weighted by atomic mass is 10.1. The number of fused-ring (bicyclic) bond motifs is 1. The number of aromatic nitrogens is 2. The first-order valence-corrected chi connectivity index (χ1v) is 7.98. The van der Waals surface area contributed by atoms with Gasteiger partial charge in [-0.15, -0.1) is 0 Å². The van der Waals surface area contributed by atoms with Gasteiger partial charge in [0.2, 0.25) is 0 Å². The Morgan fingerprint density at radius 2 is 2.00 bits per heavy atom. The van der Waals surface area contributed by atoms with E-state index in [0.29, 0.717) is 6.04 Å². The van der Waals surface area contributed by atoms with Crippen LogP contribution >= 0.6 is 0 Å². The van der Waals surface area contributed by atoms with Crippen LogP contribution in [0.15, 0.2) is 18.2 Å². The van der Waals surface area contributed by atoms with Gasteiger partial charge in [0, 0.05) is 12.1 Å². The van der Waals surface area contributed by atoms with Crippen LogP contribution in [0.1, 0.15) is 64.9 Å². The highest BCUT2D eigenvalue weighted by Crippen LogP contribution is 2.28. The molecule has 1 unspecified atom stereocenters. The van der Waals surface area contributed by atoms with Gasteiger partial charge in [0.25, 0.3) is 0 Å². The van der Waals surface area contributed by atoms with Crippen molar-refractivity contribution in [2.24, 2.45) is 5.73 Å². The van der Waals surface area contributed by atoms with E-state index in [-0.39, 0.29) is 6.04 Å². The molecule has 1 atom stereocenters. The topological polar surface area (TPSA) is 53.1 Å². The van der Waals surface area contributed by atoms with E-state index >= 15 is 0 Å². The minimum absolute atomic E-state index is 0.00944. The fourth-order valence-corrected chi connectivity index (χ4v) is 2.65. The van der Waals surface area contributed by atoms with Gasteiger partial charge in [-0.3, -0.25) is 0 Å². The van der Waals surface area contributed by atoms with Crippen LogP contribution in [-0.4, -0.2) is 16.2 Å². The Morgan fingerprint density at radius 3 is 2.62 bits per heavy atom. The largest absolute Gasteiger partial charge is 0.494 e. The Kier molecular flexibility index (Phi) is 5.23. The summed E-state index contributed by atoms with van der Waals surface area (Å²) in [4.78, 5) is 4.78. The lowest BCUT2D eigenvalue weighted by molar-refractivity contribution is 0.318. The Balaban J connectivity index is 2.45. The molecule has 0 amide bonds. The van der Waals surface area contributed by atoms with Gasteiger partial charge in [0.05, 0.1) is 23.7 Å². The Hall–Kier alpha value is -1.55. The molecule has 0 spiro atoms. The molecule has 2 rings (SSSR count). The summed E-state index contributed by atoms with van der Waals surface area (Å²) in [6.45, 7) is 9.33. The van der Waals surface area contributed by atoms with E-state index in [0.717, 1.165) is 48.5 Å². The van der Waals surface area contributed by atoms with E-state index in [4.69, 9.17) is 15.5 Å². The Bertz CT molecular complexity index is 589. The van der Waals surface area contributed by atoms with Gasteiger partial charge >= 0.3 is 0 Å². The number of imidazole rings is 1. The molecule has 0 radical (unpaired) electrons. The van der Waals surface area contributed by atoms with E-state index in [9.17, 15) is 0 Å². The number of benzene rings is 1. The highest BCUT2D eigenvalue weighted by Gasteiger charge is 2.18. The van der Waals surface area contributed by atoms with Gasteiger partial charge in [-0.25, -0.2) is 4.98 Å². The second-order valence-electron chi connectivity index (χ2n) is 5.83. The van der Waals surface area contributed by atoms with Crippen molar-refractivity contribution in [3.8, 4) is 5.75 Å². The van der Waals surface area contributed by atoms with Gasteiger partial charge in [0.15, 0.2) is 0 Å². The summed E-state index contributed by atoms with van der Waals surface area (Å²) in [5.74, 6) is 1.86. The van der Waals surface area contributed by atoms with Gasteiger partial charge in [-0.05, 0) is 38.8 Å². The minimum Gasteiger partial charge on any atom is -0.494 e. The summed E-state index contributed by atoms with van der Waals surface area (Å²) in [6, 6.07) is 6.47. The summed E-state index contributed by atoms with van der Waals surface area (Å²) in [7, 11) is 0. The van der Waals surface area contributed by atoms with Crippen molar-refractivity contribution in [3.05, 3.63) is 24.0 Å².